The maximum absolute atomic E-state index is 13.1. The molecule has 4 rings (SSSR count). The number of aryl methyl sites for hydroxylation is 1. The average Bonchev–Trinajstić information content (AvgIpc) is 2.83. The summed E-state index contributed by atoms with van der Waals surface area (Å²) in [5.41, 5.74) is 2.94. The van der Waals surface area contributed by atoms with Gasteiger partial charge >= 0.3 is 11.6 Å². The van der Waals surface area contributed by atoms with Crippen LogP contribution >= 0.6 is 0 Å². The Hall–Kier alpha value is -3.74. The Kier molecular flexibility index (Phi) is 6.40. The summed E-state index contributed by atoms with van der Waals surface area (Å²) < 4.78 is 5.43. The van der Waals surface area contributed by atoms with Crippen LogP contribution in [0, 0.1) is 5.92 Å². The molecule has 0 bridgehead atoms. The third kappa shape index (κ3) is 4.44. The van der Waals surface area contributed by atoms with Gasteiger partial charge < -0.3 is 19.2 Å². The van der Waals surface area contributed by atoms with Crippen molar-refractivity contribution in [1.82, 2.24) is 4.90 Å². The SMILES string of the molecule is CCc1ccccc1-c1cc(=O)oc2cc([C@H](C=O)C(=O)N3CCC[C@H](C(=O)O)C3)ccc12. The predicted molar refractivity (Wildman–Crippen MR) is 123 cm³/mol. The number of nitrogens with zero attached hydrogens (tertiary/aromatic N) is 1. The van der Waals surface area contributed by atoms with Crippen LogP contribution in [0.5, 0.6) is 0 Å². The number of carbonyl (C=O) groups excluding carboxylic acids is 2. The quantitative estimate of drug-likeness (QED) is 0.352. The molecule has 1 amide bonds. The van der Waals surface area contributed by atoms with Gasteiger partial charge in [-0.2, -0.15) is 0 Å². The number of aliphatic carboxylic acids is 1. The Morgan fingerprint density at radius 3 is 2.70 bits per heavy atom. The molecular formula is C26H25NO6. The van der Waals surface area contributed by atoms with Crippen molar-refractivity contribution in [2.45, 2.75) is 32.1 Å². The molecule has 2 heterocycles. The van der Waals surface area contributed by atoms with Gasteiger partial charge in [0, 0.05) is 30.1 Å². The minimum absolute atomic E-state index is 0.0825. The molecule has 170 valence electrons. The van der Waals surface area contributed by atoms with E-state index in [-0.39, 0.29) is 6.54 Å². The van der Waals surface area contributed by atoms with Gasteiger partial charge in [0.1, 0.15) is 17.8 Å². The van der Waals surface area contributed by atoms with Crippen LogP contribution in [0.3, 0.4) is 0 Å². The van der Waals surface area contributed by atoms with Crippen LogP contribution in [0.4, 0.5) is 0 Å². The second-order valence-corrected chi connectivity index (χ2v) is 8.32. The lowest BCUT2D eigenvalue weighted by Crippen LogP contribution is -2.44. The molecule has 1 aromatic heterocycles. The second kappa shape index (κ2) is 9.40. The van der Waals surface area contributed by atoms with E-state index >= 15 is 0 Å². The van der Waals surface area contributed by atoms with Crippen LogP contribution in [0.1, 0.15) is 36.8 Å². The zero-order valence-electron chi connectivity index (χ0n) is 18.3. The molecule has 1 aliphatic rings. The van der Waals surface area contributed by atoms with Gasteiger partial charge in [-0.1, -0.05) is 43.3 Å². The van der Waals surface area contributed by atoms with Crippen LogP contribution < -0.4 is 5.63 Å². The molecule has 3 aromatic rings. The topological polar surface area (TPSA) is 105 Å². The number of fused-ring (bicyclic) bond motifs is 1. The fourth-order valence-electron chi connectivity index (χ4n) is 4.54. The van der Waals surface area contributed by atoms with Crippen LogP contribution in [0.15, 0.2) is 57.7 Å². The molecule has 1 N–H and O–H groups in total. The largest absolute Gasteiger partial charge is 0.481 e. The minimum atomic E-state index is -1.10. The van der Waals surface area contributed by atoms with Crippen molar-refractivity contribution in [3.05, 3.63) is 70.1 Å². The van der Waals surface area contributed by atoms with Gasteiger partial charge in [0.2, 0.25) is 5.91 Å². The number of hydrogen-bond donors (Lipinski definition) is 1. The van der Waals surface area contributed by atoms with Gasteiger partial charge in [-0.25, -0.2) is 4.79 Å². The number of aldehydes is 1. The Bertz CT molecular complexity index is 1280. The molecule has 7 heteroatoms. The van der Waals surface area contributed by atoms with E-state index in [1.165, 1.54) is 11.0 Å². The zero-order chi connectivity index (χ0) is 23.5. The predicted octanol–water partition coefficient (Wildman–Crippen LogP) is 3.63. The molecule has 2 aromatic carbocycles. The van der Waals surface area contributed by atoms with Gasteiger partial charge in [0.15, 0.2) is 0 Å². The number of piperidine rings is 1. The molecular weight excluding hydrogens is 422 g/mol. The number of hydrogen-bond acceptors (Lipinski definition) is 5. The molecule has 1 saturated heterocycles. The van der Waals surface area contributed by atoms with Crippen LogP contribution in [-0.2, 0) is 20.8 Å². The number of carboxylic acids is 1. The number of likely N-dealkylation sites (tertiary alicyclic amines) is 1. The van der Waals surface area contributed by atoms with E-state index in [0.717, 1.165) is 23.1 Å². The summed E-state index contributed by atoms with van der Waals surface area (Å²) in [6.45, 7) is 2.53. The van der Waals surface area contributed by atoms with Crippen molar-refractivity contribution < 1.29 is 23.9 Å². The van der Waals surface area contributed by atoms with Crippen molar-refractivity contribution in [2.75, 3.05) is 13.1 Å². The van der Waals surface area contributed by atoms with Gasteiger partial charge in [-0.15, -0.1) is 0 Å². The number of amides is 1. The first kappa shape index (κ1) is 22.5. The van der Waals surface area contributed by atoms with Crippen molar-refractivity contribution in [3.8, 4) is 11.1 Å². The molecule has 0 saturated carbocycles. The molecule has 1 aliphatic heterocycles. The summed E-state index contributed by atoms with van der Waals surface area (Å²) in [5, 5.41) is 10.0. The van der Waals surface area contributed by atoms with E-state index in [9.17, 15) is 24.3 Å². The van der Waals surface area contributed by atoms with Crippen molar-refractivity contribution >= 4 is 29.1 Å². The summed E-state index contributed by atoms with van der Waals surface area (Å²) in [7, 11) is 0. The van der Waals surface area contributed by atoms with E-state index < -0.39 is 29.3 Å². The Morgan fingerprint density at radius 2 is 1.97 bits per heavy atom. The Balaban J connectivity index is 1.73. The van der Waals surface area contributed by atoms with Gasteiger partial charge in [0.05, 0.1) is 5.92 Å². The summed E-state index contributed by atoms with van der Waals surface area (Å²) in [6.07, 6.45) is 2.43. The lowest BCUT2D eigenvalue weighted by molar-refractivity contribution is -0.146. The summed E-state index contributed by atoms with van der Waals surface area (Å²) >= 11 is 0. The summed E-state index contributed by atoms with van der Waals surface area (Å²) in [4.78, 5) is 50.1. The third-order valence-corrected chi connectivity index (χ3v) is 6.30. The molecule has 0 radical (unpaired) electrons. The first-order valence-electron chi connectivity index (χ1n) is 11.1. The Labute approximate surface area is 190 Å². The van der Waals surface area contributed by atoms with Gasteiger partial charge in [-0.3, -0.25) is 9.59 Å². The molecule has 1 fully saturated rings. The number of rotatable bonds is 6. The number of benzene rings is 2. The van der Waals surface area contributed by atoms with Crippen LogP contribution in [0.25, 0.3) is 22.1 Å². The normalized spacial score (nSPS) is 17.0. The maximum atomic E-state index is 13.1. The highest BCUT2D eigenvalue weighted by molar-refractivity contribution is 6.00. The molecule has 0 spiro atoms. The average molecular weight is 447 g/mol. The van der Waals surface area contributed by atoms with Gasteiger partial charge in [-0.05, 0) is 42.0 Å². The van der Waals surface area contributed by atoms with E-state index in [4.69, 9.17) is 4.42 Å². The fraction of sp³-hybridized carbons (Fsp3) is 0.308. The highest BCUT2D eigenvalue weighted by Gasteiger charge is 2.32. The second-order valence-electron chi connectivity index (χ2n) is 8.32. The summed E-state index contributed by atoms with van der Waals surface area (Å²) in [5.74, 6) is -3.11. The monoisotopic (exact) mass is 447 g/mol. The van der Waals surface area contributed by atoms with Gasteiger partial charge in [0.25, 0.3) is 0 Å². The third-order valence-electron chi connectivity index (χ3n) is 6.30. The van der Waals surface area contributed by atoms with E-state index in [1.807, 2.05) is 31.2 Å². The Morgan fingerprint density at radius 1 is 1.18 bits per heavy atom. The molecule has 7 nitrogen and oxygen atoms in total. The smallest absolute Gasteiger partial charge is 0.336 e. The lowest BCUT2D eigenvalue weighted by atomic mass is 9.92. The summed E-state index contributed by atoms with van der Waals surface area (Å²) in [6, 6.07) is 14.3. The highest BCUT2D eigenvalue weighted by atomic mass is 16.4. The maximum Gasteiger partial charge on any atom is 0.336 e. The number of carboxylic acid groups (broad SMARTS) is 1. The molecule has 33 heavy (non-hydrogen) atoms. The van der Waals surface area contributed by atoms with Crippen LogP contribution in [-0.4, -0.2) is 41.3 Å². The first-order valence-corrected chi connectivity index (χ1v) is 11.1. The standard InChI is InChI=1S/C26H25NO6/c1-2-16-6-3-4-8-19(16)21-13-24(29)33-23-12-17(9-10-20(21)23)22(15-28)25(30)27-11-5-7-18(14-27)26(31)32/h3-4,6,8-10,12-13,15,18,22H,2,5,7,11,14H2,1H3,(H,31,32)/t18-,22-/m0/s1. The molecule has 0 aliphatic carbocycles. The first-order chi connectivity index (χ1) is 15.9. The van der Waals surface area contributed by atoms with Crippen molar-refractivity contribution in [1.29, 1.82) is 0 Å². The highest BCUT2D eigenvalue weighted by Crippen LogP contribution is 2.32. The van der Waals surface area contributed by atoms with Crippen molar-refractivity contribution in [3.63, 3.8) is 0 Å². The molecule has 0 unspecified atom stereocenters. The minimum Gasteiger partial charge on any atom is -0.481 e. The number of carbonyl (C=O) groups is 3. The zero-order valence-corrected chi connectivity index (χ0v) is 18.3. The lowest BCUT2D eigenvalue weighted by Gasteiger charge is -2.32. The molecule has 2 atom stereocenters. The van der Waals surface area contributed by atoms with E-state index in [0.29, 0.717) is 42.2 Å². The van der Waals surface area contributed by atoms with Crippen LogP contribution in [0.2, 0.25) is 0 Å². The van der Waals surface area contributed by atoms with E-state index in [1.54, 1.807) is 18.2 Å². The fourth-order valence-corrected chi connectivity index (χ4v) is 4.54. The van der Waals surface area contributed by atoms with Crippen molar-refractivity contribution in [2.24, 2.45) is 5.92 Å². The van der Waals surface area contributed by atoms with E-state index in [2.05, 4.69) is 0 Å².